The Morgan fingerprint density at radius 3 is 2.15 bits per heavy atom. The van der Waals surface area contributed by atoms with E-state index in [9.17, 15) is 4.79 Å². The van der Waals surface area contributed by atoms with Crippen LogP contribution in [0.1, 0.15) is 63.0 Å². The second-order valence-corrected chi connectivity index (χ2v) is 7.74. The van der Waals surface area contributed by atoms with Crippen LogP contribution in [0.25, 0.3) is 11.8 Å². The Labute approximate surface area is 198 Å². The van der Waals surface area contributed by atoms with Crippen molar-refractivity contribution in [1.82, 2.24) is 0 Å². The van der Waals surface area contributed by atoms with Gasteiger partial charge < -0.3 is 14.2 Å². The zero-order chi connectivity index (χ0) is 23.7. The number of rotatable bonds is 16. The highest BCUT2D eigenvalue weighted by Gasteiger charge is 2.06. The van der Waals surface area contributed by atoms with E-state index in [0.717, 1.165) is 73.3 Å². The summed E-state index contributed by atoms with van der Waals surface area (Å²) in [4.78, 5) is 11.0. The third-order valence-corrected chi connectivity index (χ3v) is 5.09. The third-order valence-electron chi connectivity index (χ3n) is 5.09. The van der Waals surface area contributed by atoms with Gasteiger partial charge in [-0.15, -0.1) is 0 Å². The van der Waals surface area contributed by atoms with Crippen LogP contribution in [0, 0.1) is 0 Å². The summed E-state index contributed by atoms with van der Waals surface area (Å²) < 4.78 is 17.0. The van der Waals surface area contributed by atoms with E-state index in [2.05, 4.69) is 26.2 Å². The van der Waals surface area contributed by atoms with Gasteiger partial charge >= 0.3 is 5.97 Å². The quantitative estimate of drug-likeness (QED) is 0.115. The van der Waals surface area contributed by atoms with Gasteiger partial charge in [-0.1, -0.05) is 44.7 Å². The average molecular weight is 449 g/mol. The highest BCUT2D eigenvalue weighted by Crippen LogP contribution is 2.25. The first kappa shape index (κ1) is 26.0. The highest BCUT2D eigenvalue weighted by atomic mass is 16.5. The monoisotopic (exact) mass is 448 g/mol. The van der Waals surface area contributed by atoms with Crippen molar-refractivity contribution in [2.45, 2.75) is 51.9 Å². The van der Waals surface area contributed by atoms with Crippen molar-refractivity contribution >= 4 is 17.8 Å². The predicted molar refractivity (Wildman–Crippen MR) is 136 cm³/mol. The number of carbonyl (C=O) groups excluding carboxylic acids is 1. The van der Waals surface area contributed by atoms with Crippen LogP contribution in [0.5, 0.6) is 11.5 Å². The number of carbonyl (C=O) groups is 1. The van der Waals surface area contributed by atoms with Gasteiger partial charge in [0.1, 0.15) is 17.3 Å². The normalized spacial score (nSPS) is 11.0. The molecule has 2 aromatic rings. The number of ether oxygens (including phenoxy) is 3. The number of hydrogen-bond donors (Lipinski definition) is 0. The molecular weight excluding hydrogens is 412 g/mol. The zero-order valence-corrected chi connectivity index (χ0v) is 19.8. The van der Waals surface area contributed by atoms with Crippen LogP contribution in [-0.2, 0) is 9.53 Å². The molecule has 0 unspecified atom stereocenters. The number of allylic oxidation sites excluding steroid dienone is 1. The van der Waals surface area contributed by atoms with E-state index in [1.807, 2.05) is 54.6 Å². The Hall–Kier alpha value is -3.27. The SMILES string of the molecule is C=CC(=O)OCCCCCCOc1ccc(/C(=C\CCCC)Oc2ccc(C=C)cc2)cc1. The van der Waals surface area contributed by atoms with Crippen molar-refractivity contribution in [1.29, 1.82) is 0 Å². The lowest BCUT2D eigenvalue weighted by molar-refractivity contribution is -0.137. The number of hydrogen-bond acceptors (Lipinski definition) is 4. The summed E-state index contributed by atoms with van der Waals surface area (Å²) in [5.74, 6) is 2.16. The van der Waals surface area contributed by atoms with Crippen LogP contribution in [0.2, 0.25) is 0 Å². The van der Waals surface area contributed by atoms with E-state index in [-0.39, 0.29) is 5.97 Å². The fraction of sp³-hybridized carbons (Fsp3) is 0.345. The molecule has 0 amide bonds. The summed E-state index contributed by atoms with van der Waals surface area (Å²) in [5.41, 5.74) is 2.09. The molecule has 0 aliphatic rings. The Balaban J connectivity index is 1.83. The van der Waals surface area contributed by atoms with Crippen LogP contribution >= 0.6 is 0 Å². The van der Waals surface area contributed by atoms with Gasteiger partial charge in [0.15, 0.2) is 0 Å². The van der Waals surface area contributed by atoms with E-state index in [0.29, 0.717) is 13.2 Å². The lowest BCUT2D eigenvalue weighted by Crippen LogP contribution is -2.02. The maximum atomic E-state index is 11.0. The van der Waals surface area contributed by atoms with Gasteiger partial charge in [0, 0.05) is 11.6 Å². The largest absolute Gasteiger partial charge is 0.494 e. The van der Waals surface area contributed by atoms with Gasteiger partial charge in [-0.25, -0.2) is 4.79 Å². The molecule has 2 aromatic carbocycles. The lowest BCUT2D eigenvalue weighted by atomic mass is 10.1. The molecule has 0 aliphatic carbocycles. The summed E-state index contributed by atoms with van der Waals surface area (Å²) >= 11 is 0. The molecule has 0 spiro atoms. The molecule has 0 fully saturated rings. The molecule has 33 heavy (non-hydrogen) atoms. The summed E-state index contributed by atoms with van der Waals surface area (Å²) in [7, 11) is 0. The van der Waals surface area contributed by atoms with Gasteiger partial charge in [-0.2, -0.15) is 0 Å². The van der Waals surface area contributed by atoms with Gasteiger partial charge in [-0.3, -0.25) is 0 Å². The molecule has 0 heterocycles. The maximum absolute atomic E-state index is 11.0. The molecule has 0 aliphatic heterocycles. The van der Waals surface area contributed by atoms with E-state index in [1.165, 1.54) is 6.08 Å². The van der Waals surface area contributed by atoms with Crippen molar-refractivity contribution in [3.63, 3.8) is 0 Å². The molecule has 0 atom stereocenters. The van der Waals surface area contributed by atoms with E-state index < -0.39 is 0 Å². The first-order valence-corrected chi connectivity index (χ1v) is 11.8. The second kappa shape index (κ2) is 15.5. The molecule has 0 aromatic heterocycles. The van der Waals surface area contributed by atoms with Gasteiger partial charge in [0.2, 0.25) is 0 Å². The summed E-state index contributed by atoms with van der Waals surface area (Å²) in [6.45, 7) is 10.5. The molecule has 0 N–H and O–H groups in total. The minimum atomic E-state index is -0.360. The summed E-state index contributed by atoms with van der Waals surface area (Å²) in [6.07, 6.45) is 12.3. The van der Waals surface area contributed by atoms with Crippen molar-refractivity contribution in [2.24, 2.45) is 0 Å². The van der Waals surface area contributed by atoms with Gasteiger partial charge in [-0.05, 0) is 86.6 Å². The topological polar surface area (TPSA) is 44.8 Å². The lowest BCUT2D eigenvalue weighted by Gasteiger charge is -2.12. The molecule has 176 valence electrons. The Morgan fingerprint density at radius 1 is 0.848 bits per heavy atom. The smallest absolute Gasteiger partial charge is 0.330 e. The Morgan fingerprint density at radius 2 is 1.52 bits per heavy atom. The maximum Gasteiger partial charge on any atom is 0.330 e. The Kier molecular flexibility index (Phi) is 12.2. The van der Waals surface area contributed by atoms with Crippen LogP contribution in [-0.4, -0.2) is 19.2 Å². The minimum Gasteiger partial charge on any atom is -0.494 e. The van der Waals surface area contributed by atoms with E-state index in [4.69, 9.17) is 14.2 Å². The van der Waals surface area contributed by atoms with Gasteiger partial charge in [0.25, 0.3) is 0 Å². The highest BCUT2D eigenvalue weighted by molar-refractivity contribution is 5.81. The van der Waals surface area contributed by atoms with Crippen LogP contribution in [0.4, 0.5) is 0 Å². The van der Waals surface area contributed by atoms with E-state index >= 15 is 0 Å². The van der Waals surface area contributed by atoms with Crippen molar-refractivity contribution in [3.05, 3.63) is 85.0 Å². The predicted octanol–water partition coefficient (Wildman–Crippen LogP) is 7.61. The first-order valence-electron chi connectivity index (χ1n) is 11.8. The standard InChI is InChI=1S/C29H36O4/c1-4-7-10-13-28(33-27-18-14-24(5-2)15-19-27)25-16-20-26(21-17-25)31-22-11-8-9-12-23-32-29(30)6-3/h5-6,13-21H,2-4,7-12,22-23H2,1H3/b28-13+. The molecule has 4 nitrogen and oxygen atoms in total. The molecule has 2 rings (SSSR count). The summed E-state index contributed by atoms with van der Waals surface area (Å²) in [6, 6.07) is 16.0. The molecule has 0 bridgehead atoms. The Bertz CT molecular complexity index is 879. The number of benzene rings is 2. The molecule has 0 saturated heterocycles. The minimum absolute atomic E-state index is 0.360. The second-order valence-electron chi connectivity index (χ2n) is 7.74. The fourth-order valence-corrected chi connectivity index (χ4v) is 3.15. The van der Waals surface area contributed by atoms with Crippen LogP contribution in [0.3, 0.4) is 0 Å². The molecule has 4 heteroatoms. The van der Waals surface area contributed by atoms with Crippen molar-refractivity contribution in [2.75, 3.05) is 13.2 Å². The zero-order valence-electron chi connectivity index (χ0n) is 19.8. The molecule has 0 saturated carbocycles. The van der Waals surface area contributed by atoms with Crippen molar-refractivity contribution < 1.29 is 19.0 Å². The van der Waals surface area contributed by atoms with Gasteiger partial charge in [0.05, 0.1) is 13.2 Å². The molecule has 0 radical (unpaired) electrons. The third kappa shape index (κ3) is 10.3. The number of esters is 1. The molecular formula is C29H36O4. The van der Waals surface area contributed by atoms with Crippen LogP contribution in [0.15, 0.2) is 73.8 Å². The fourth-order valence-electron chi connectivity index (χ4n) is 3.15. The average Bonchev–Trinajstić information content (AvgIpc) is 2.85. The van der Waals surface area contributed by atoms with E-state index in [1.54, 1.807) is 0 Å². The number of unbranched alkanes of at least 4 members (excludes halogenated alkanes) is 5. The van der Waals surface area contributed by atoms with Crippen molar-refractivity contribution in [3.8, 4) is 11.5 Å². The van der Waals surface area contributed by atoms with Crippen LogP contribution < -0.4 is 9.47 Å². The first-order chi connectivity index (χ1) is 16.2. The summed E-state index contributed by atoms with van der Waals surface area (Å²) in [5, 5.41) is 0.